The van der Waals surface area contributed by atoms with Crippen LogP contribution in [0.1, 0.15) is 37.6 Å². The normalized spacial score (nSPS) is 16.0. The van der Waals surface area contributed by atoms with Crippen molar-refractivity contribution in [2.24, 2.45) is 12.0 Å². The van der Waals surface area contributed by atoms with Crippen molar-refractivity contribution in [1.82, 2.24) is 29.7 Å². The molecule has 1 saturated heterocycles. The molecule has 2 aromatic rings. The van der Waals surface area contributed by atoms with E-state index in [2.05, 4.69) is 25.7 Å². The molecule has 1 aromatic carbocycles. The number of benzene rings is 1. The van der Waals surface area contributed by atoms with Crippen molar-refractivity contribution >= 4 is 16.0 Å². The SMILES string of the molecule is CCNC(=NCc1ccccc1S(=O)(=O)N1CCCCC1)NCc1ncnn1C. The number of nitrogens with zero attached hydrogens (tertiary/aromatic N) is 5. The van der Waals surface area contributed by atoms with E-state index >= 15 is 0 Å². The van der Waals surface area contributed by atoms with Gasteiger partial charge in [0.15, 0.2) is 5.96 Å². The number of nitrogens with one attached hydrogen (secondary N) is 2. The Balaban J connectivity index is 1.76. The van der Waals surface area contributed by atoms with Crippen molar-refractivity contribution in [3.8, 4) is 0 Å². The third-order valence-electron chi connectivity index (χ3n) is 4.88. The standard InChI is InChI=1S/C19H29N7O2S/c1-3-20-19(22-14-18-23-15-24-25(18)2)21-13-16-9-5-6-10-17(16)29(27,28)26-11-7-4-8-12-26/h5-6,9-10,15H,3-4,7-8,11-14H2,1-2H3,(H2,20,21,22). The number of sulfonamides is 1. The van der Waals surface area contributed by atoms with E-state index in [0.29, 0.717) is 42.6 Å². The second-order valence-corrected chi connectivity index (χ2v) is 8.83. The molecule has 29 heavy (non-hydrogen) atoms. The maximum atomic E-state index is 13.1. The van der Waals surface area contributed by atoms with E-state index in [4.69, 9.17) is 0 Å². The molecule has 0 saturated carbocycles. The van der Waals surface area contributed by atoms with Crippen molar-refractivity contribution in [3.63, 3.8) is 0 Å². The van der Waals surface area contributed by atoms with Crippen LogP contribution >= 0.6 is 0 Å². The number of aliphatic imine (C=N–C) groups is 1. The number of hydrogen-bond donors (Lipinski definition) is 2. The number of rotatable bonds is 7. The summed E-state index contributed by atoms with van der Waals surface area (Å²) in [5, 5.41) is 10.4. The van der Waals surface area contributed by atoms with E-state index in [1.165, 1.54) is 6.33 Å². The molecule has 0 spiro atoms. The van der Waals surface area contributed by atoms with E-state index in [1.54, 1.807) is 21.1 Å². The van der Waals surface area contributed by atoms with E-state index in [0.717, 1.165) is 25.1 Å². The molecule has 1 aliphatic heterocycles. The van der Waals surface area contributed by atoms with Gasteiger partial charge in [0.2, 0.25) is 10.0 Å². The molecule has 0 aliphatic carbocycles. The van der Waals surface area contributed by atoms with Gasteiger partial charge < -0.3 is 10.6 Å². The van der Waals surface area contributed by atoms with Gasteiger partial charge in [0.25, 0.3) is 0 Å². The number of aromatic nitrogens is 3. The average Bonchev–Trinajstić information content (AvgIpc) is 3.15. The van der Waals surface area contributed by atoms with Gasteiger partial charge in [-0.25, -0.2) is 18.4 Å². The first-order valence-electron chi connectivity index (χ1n) is 9.95. The van der Waals surface area contributed by atoms with Crippen LogP contribution in [-0.2, 0) is 30.2 Å². The van der Waals surface area contributed by atoms with Crippen LogP contribution in [0.2, 0.25) is 0 Å². The zero-order valence-corrected chi connectivity index (χ0v) is 17.8. The Morgan fingerprint density at radius 1 is 1.17 bits per heavy atom. The largest absolute Gasteiger partial charge is 0.357 e. The summed E-state index contributed by atoms with van der Waals surface area (Å²) in [5.74, 6) is 1.38. The molecule has 0 unspecified atom stereocenters. The van der Waals surface area contributed by atoms with Crippen LogP contribution in [0.25, 0.3) is 0 Å². The molecule has 1 aliphatic rings. The predicted molar refractivity (Wildman–Crippen MR) is 112 cm³/mol. The minimum atomic E-state index is -3.50. The summed E-state index contributed by atoms with van der Waals surface area (Å²) in [4.78, 5) is 9.11. The molecular formula is C19H29N7O2S. The first-order chi connectivity index (χ1) is 14.0. The lowest BCUT2D eigenvalue weighted by Crippen LogP contribution is -2.37. The van der Waals surface area contributed by atoms with Crippen molar-refractivity contribution < 1.29 is 8.42 Å². The van der Waals surface area contributed by atoms with Crippen molar-refractivity contribution in [3.05, 3.63) is 42.0 Å². The molecule has 0 atom stereocenters. The Morgan fingerprint density at radius 3 is 2.62 bits per heavy atom. The number of aryl methyl sites for hydroxylation is 1. The monoisotopic (exact) mass is 419 g/mol. The van der Waals surface area contributed by atoms with Gasteiger partial charge in [-0.2, -0.15) is 9.40 Å². The first kappa shape index (κ1) is 21.3. The molecule has 9 nitrogen and oxygen atoms in total. The van der Waals surface area contributed by atoms with Crippen LogP contribution in [-0.4, -0.2) is 53.1 Å². The number of piperidine rings is 1. The summed E-state index contributed by atoms with van der Waals surface area (Å²) < 4.78 is 29.5. The number of guanidine groups is 1. The van der Waals surface area contributed by atoms with Crippen molar-refractivity contribution in [2.45, 2.75) is 44.2 Å². The van der Waals surface area contributed by atoms with Gasteiger partial charge in [0.05, 0.1) is 18.0 Å². The lowest BCUT2D eigenvalue weighted by atomic mass is 10.2. The topological polar surface area (TPSA) is 105 Å². The van der Waals surface area contributed by atoms with Gasteiger partial charge in [-0.3, -0.25) is 4.68 Å². The lowest BCUT2D eigenvalue weighted by Gasteiger charge is -2.26. The van der Waals surface area contributed by atoms with E-state index < -0.39 is 10.0 Å². The fourth-order valence-electron chi connectivity index (χ4n) is 3.28. The molecule has 3 rings (SSSR count). The lowest BCUT2D eigenvalue weighted by molar-refractivity contribution is 0.346. The third-order valence-corrected chi connectivity index (χ3v) is 6.88. The van der Waals surface area contributed by atoms with Crippen molar-refractivity contribution in [2.75, 3.05) is 19.6 Å². The Bertz CT molecular complexity index is 934. The molecule has 1 aromatic heterocycles. The molecular weight excluding hydrogens is 390 g/mol. The second kappa shape index (κ2) is 9.84. The zero-order valence-electron chi connectivity index (χ0n) is 17.0. The fourth-order valence-corrected chi connectivity index (χ4v) is 5.01. The van der Waals surface area contributed by atoms with Gasteiger partial charge in [-0.05, 0) is 31.4 Å². The minimum absolute atomic E-state index is 0.261. The highest BCUT2D eigenvalue weighted by molar-refractivity contribution is 7.89. The van der Waals surface area contributed by atoms with Gasteiger partial charge in [0, 0.05) is 26.7 Å². The molecule has 0 bridgehead atoms. The summed E-state index contributed by atoms with van der Waals surface area (Å²) in [6.45, 7) is 4.57. The second-order valence-electron chi connectivity index (χ2n) is 6.92. The highest BCUT2D eigenvalue weighted by Crippen LogP contribution is 2.24. The van der Waals surface area contributed by atoms with Crippen LogP contribution in [0.3, 0.4) is 0 Å². The summed E-state index contributed by atoms with van der Waals surface area (Å²) in [6, 6.07) is 7.11. The maximum Gasteiger partial charge on any atom is 0.243 e. The predicted octanol–water partition coefficient (Wildman–Crippen LogP) is 1.25. The molecule has 2 heterocycles. The van der Waals surface area contributed by atoms with Gasteiger partial charge >= 0.3 is 0 Å². The quantitative estimate of drug-likeness (QED) is 0.517. The Labute approximate surface area is 172 Å². The van der Waals surface area contributed by atoms with Crippen LogP contribution in [0, 0.1) is 0 Å². The van der Waals surface area contributed by atoms with E-state index in [1.807, 2.05) is 26.1 Å². The Hall–Kier alpha value is -2.46. The summed E-state index contributed by atoms with van der Waals surface area (Å²) in [6.07, 6.45) is 4.41. The van der Waals surface area contributed by atoms with Crippen LogP contribution < -0.4 is 10.6 Å². The van der Waals surface area contributed by atoms with Gasteiger partial charge in [-0.15, -0.1) is 0 Å². The Morgan fingerprint density at radius 2 is 1.93 bits per heavy atom. The highest BCUT2D eigenvalue weighted by atomic mass is 32.2. The third kappa shape index (κ3) is 5.33. The molecule has 0 radical (unpaired) electrons. The summed E-state index contributed by atoms with van der Waals surface area (Å²) in [5.41, 5.74) is 0.689. The van der Waals surface area contributed by atoms with Crippen LogP contribution in [0.15, 0.2) is 40.5 Å². The van der Waals surface area contributed by atoms with E-state index in [-0.39, 0.29) is 6.54 Å². The smallest absolute Gasteiger partial charge is 0.243 e. The molecule has 158 valence electrons. The van der Waals surface area contributed by atoms with Gasteiger partial charge in [-0.1, -0.05) is 24.6 Å². The highest BCUT2D eigenvalue weighted by Gasteiger charge is 2.27. The van der Waals surface area contributed by atoms with E-state index in [9.17, 15) is 8.42 Å². The zero-order chi connectivity index (χ0) is 20.7. The van der Waals surface area contributed by atoms with Crippen LogP contribution in [0.5, 0.6) is 0 Å². The molecule has 0 amide bonds. The molecule has 1 fully saturated rings. The summed E-state index contributed by atoms with van der Waals surface area (Å²) in [7, 11) is -1.68. The fraction of sp³-hybridized carbons (Fsp3) is 0.526. The molecule has 10 heteroatoms. The van der Waals surface area contributed by atoms with Crippen molar-refractivity contribution in [1.29, 1.82) is 0 Å². The summed E-state index contributed by atoms with van der Waals surface area (Å²) >= 11 is 0. The first-order valence-corrected chi connectivity index (χ1v) is 11.4. The average molecular weight is 420 g/mol. The minimum Gasteiger partial charge on any atom is -0.357 e. The molecule has 2 N–H and O–H groups in total. The Kier molecular flexibility index (Phi) is 7.21. The number of hydrogen-bond acceptors (Lipinski definition) is 5. The van der Waals surface area contributed by atoms with Gasteiger partial charge in [0.1, 0.15) is 12.2 Å². The van der Waals surface area contributed by atoms with Crippen LogP contribution in [0.4, 0.5) is 0 Å². The maximum absolute atomic E-state index is 13.1.